The van der Waals surface area contributed by atoms with Crippen LogP contribution < -0.4 is 9.47 Å². The number of nitrogens with zero attached hydrogens (tertiary/aromatic N) is 2. The number of hydrogen-bond donors (Lipinski definition) is 0. The maximum Gasteiger partial charge on any atom is 0.214 e. The molecule has 2 atom stereocenters. The lowest BCUT2D eigenvalue weighted by atomic mass is 9.95. The van der Waals surface area contributed by atoms with Gasteiger partial charge in [-0.15, -0.1) is 0 Å². The molecule has 3 aromatic rings. The van der Waals surface area contributed by atoms with Crippen molar-refractivity contribution >= 4 is 5.71 Å². The Morgan fingerprint density at radius 3 is 2.39 bits per heavy atom. The topological polar surface area (TPSA) is 34.1 Å². The molecule has 0 radical (unpaired) electrons. The molecule has 0 aliphatic carbocycles. The average molecular weight is 370 g/mol. The smallest absolute Gasteiger partial charge is 0.214 e. The van der Waals surface area contributed by atoms with Gasteiger partial charge in [0.25, 0.3) is 0 Å². The summed E-state index contributed by atoms with van der Waals surface area (Å²) in [6.07, 6.45) is 0.631. The molecule has 2 heterocycles. The van der Waals surface area contributed by atoms with Crippen molar-refractivity contribution in [3.63, 3.8) is 0 Å². The van der Waals surface area contributed by atoms with E-state index in [9.17, 15) is 0 Å². The maximum absolute atomic E-state index is 6.43. The van der Waals surface area contributed by atoms with Gasteiger partial charge in [0, 0.05) is 17.5 Å². The number of methoxy groups -OCH3 is 1. The van der Waals surface area contributed by atoms with Crippen LogP contribution in [-0.4, -0.2) is 17.8 Å². The molecule has 0 saturated carbocycles. The van der Waals surface area contributed by atoms with Crippen molar-refractivity contribution in [2.45, 2.75) is 25.6 Å². The molecule has 0 saturated heterocycles. The molecular weight excluding hydrogens is 348 g/mol. The molecule has 0 bridgehead atoms. The summed E-state index contributed by atoms with van der Waals surface area (Å²) >= 11 is 0. The Morgan fingerprint density at radius 2 is 1.64 bits per heavy atom. The Labute approximate surface area is 165 Å². The molecule has 5 rings (SSSR count). The van der Waals surface area contributed by atoms with Gasteiger partial charge in [0.2, 0.25) is 6.23 Å². The highest BCUT2D eigenvalue weighted by molar-refractivity contribution is 6.02. The predicted octanol–water partition coefficient (Wildman–Crippen LogP) is 5.25. The van der Waals surface area contributed by atoms with Crippen LogP contribution in [0.5, 0.6) is 11.5 Å². The molecule has 0 unspecified atom stereocenters. The number of rotatable bonds is 3. The van der Waals surface area contributed by atoms with Crippen LogP contribution in [-0.2, 0) is 0 Å². The first-order valence-corrected chi connectivity index (χ1v) is 9.56. The minimum absolute atomic E-state index is 0.173. The molecule has 4 nitrogen and oxygen atoms in total. The Kier molecular flexibility index (Phi) is 4.05. The van der Waals surface area contributed by atoms with E-state index in [1.54, 1.807) is 7.11 Å². The van der Waals surface area contributed by atoms with Crippen molar-refractivity contribution in [2.75, 3.05) is 7.11 Å². The Balaban J connectivity index is 1.58. The van der Waals surface area contributed by atoms with Gasteiger partial charge < -0.3 is 9.47 Å². The third-order valence-electron chi connectivity index (χ3n) is 5.58. The van der Waals surface area contributed by atoms with E-state index in [2.05, 4.69) is 66.5 Å². The predicted molar refractivity (Wildman–Crippen MR) is 110 cm³/mol. The van der Waals surface area contributed by atoms with Crippen LogP contribution in [0.3, 0.4) is 0 Å². The number of ether oxygens (including phenoxy) is 2. The fourth-order valence-electron chi connectivity index (χ4n) is 4.06. The van der Waals surface area contributed by atoms with Gasteiger partial charge in [0.15, 0.2) is 0 Å². The van der Waals surface area contributed by atoms with Crippen LogP contribution in [0, 0.1) is 6.92 Å². The number of hydrazone groups is 1. The lowest BCUT2D eigenvalue weighted by molar-refractivity contribution is -0.0194. The highest BCUT2D eigenvalue weighted by Gasteiger charge is 2.41. The SMILES string of the molecule is COc1ccc(C2=NN3[C@@H](C2)c2ccccc2O[C@H]3c2ccccc2C)cc1. The summed E-state index contributed by atoms with van der Waals surface area (Å²) in [5.74, 6) is 1.80. The Bertz CT molecular complexity index is 1040. The molecule has 4 heteroatoms. The van der Waals surface area contributed by atoms with Crippen LogP contribution in [0.2, 0.25) is 0 Å². The van der Waals surface area contributed by atoms with E-state index in [4.69, 9.17) is 14.6 Å². The molecule has 2 aliphatic rings. The molecular formula is C24H22N2O2. The van der Waals surface area contributed by atoms with E-state index in [0.29, 0.717) is 0 Å². The zero-order chi connectivity index (χ0) is 19.1. The number of para-hydroxylation sites is 1. The monoisotopic (exact) mass is 370 g/mol. The first kappa shape index (κ1) is 16.9. The summed E-state index contributed by atoms with van der Waals surface area (Å²) in [6, 6.07) is 25.0. The van der Waals surface area contributed by atoms with Crippen molar-refractivity contribution in [1.82, 2.24) is 5.01 Å². The maximum atomic E-state index is 6.43. The normalized spacial score (nSPS) is 20.1. The highest BCUT2D eigenvalue weighted by atomic mass is 16.5. The van der Waals surface area contributed by atoms with Crippen molar-refractivity contribution in [3.05, 3.63) is 95.1 Å². The molecule has 0 aromatic heterocycles. The third kappa shape index (κ3) is 2.73. The summed E-state index contributed by atoms with van der Waals surface area (Å²) in [5.41, 5.74) is 5.75. The highest BCUT2D eigenvalue weighted by Crippen LogP contribution is 2.47. The van der Waals surface area contributed by atoms with Crippen LogP contribution in [0.15, 0.2) is 77.9 Å². The van der Waals surface area contributed by atoms with E-state index in [0.717, 1.165) is 34.8 Å². The Morgan fingerprint density at radius 1 is 0.929 bits per heavy atom. The summed E-state index contributed by atoms with van der Waals surface area (Å²) in [5, 5.41) is 7.15. The quantitative estimate of drug-likeness (QED) is 0.632. The summed E-state index contributed by atoms with van der Waals surface area (Å²) in [4.78, 5) is 0. The molecule has 140 valence electrons. The van der Waals surface area contributed by atoms with Crippen LogP contribution in [0.1, 0.15) is 40.9 Å². The second kappa shape index (κ2) is 6.71. The van der Waals surface area contributed by atoms with E-state index in [1.165, 1.54) is 11.1 Å². The second-order valence-electron chi connectivity index (χ2n) is 7.24. The van der Waals surface area contributed by atoms with Gasteiger partial charge in [-0.3, -0.25) is 0 Å². The first-order valence-electron chi connectivity index (χ1n) is 9.56. The summed E-state index contributed by atoms with van der Waals surface area (Å²) < 4.78 is 11.7. The molecule has 3 aromatic carbocycles. The average Bonchev–Trinajstić information content (AvgIpc) is 3.19. The molecule has 0 N–H and O–H groups in total. The van der Waals surface area contributed by atoms with Gasteiger partial charge in [-0.05, 0) is 48.4 Å². The second-order valence-corrected chi connectivity index (χ2v) is 7.24. The molecule has 0 spiro atoms. The third-order valence-corrected chi connectivity index (χ3v) is 5.58. The number of fused-ring (bicyclic) bond motifs is 3. The van der Waals surface area contributed by atoms with Gasteiger partial charge in [-0.25, -0.2) is 5.01 Å². The van der Waals surface area contributed by atoms with E-state index < -0.39 is 0 Å². The largest absolute Gasteiger partial charge is 0.497 e. The first-order chi connectivity index (χ1) is 13.7. The molecule has 0 amide bonds. The van der Waals surface area contributed by atoms with Gasteiger partial charge in [-0.2, -0.15) is 5.10 Å². The van der Waals surface area contributed by atoms with E-state index >= 15 is 0 Å². The molecule has 28 heavy (non-hydrogen) atoms. The lowest BCUT2D eigenvalue weighted by Gasteiger charge is -2.38. The zero-order valence-electron chi connectivity index (χ0n) is 16.0. The van der Waals surface area contributed by atoms with Gasteiger partial charge in [0.05, 0.1) is 18.9 Å². The number of aryl methyl sites for hydroxylation is 1. The van der Waals surface area contributed by atoms with Crippen LogP contribution >= 0.6 is 0 Å². The fraction of sp³-hybridized carbons (Fsp3) is 0.208. The standard InChI is InChI=1S/C24H22N2O2/c1-16-7-3-4-8-19(16)24-26-22(20-9-5-6-10-23(20)28-24)15-21(25-26)17-11-13-18(27-2)14-12-17/h3-14,22,24H,15H2,1-2H3/t22-,24-/m0/s1. The molecule has 2 aliphatic heterocycles. The van der Waals surface area contributed by atoms with Crippen molar-refractivity contribution in [2.24, 2.45) is 5.10 Å². The van der Waals surface area contributed by atoms with Crippen LogP contribution in [0.4, 0.5) is 0 Å². The van der Waals surface area contributed by atoms with Crippen molar-refractivity contribution < 1.29 is 9.47 Å². The molecule has 0 fully saturated rings. The van der Waals surface area contributed by atoms with Crippen molar-refractivity contribution in [3.8, 4) is 11.5 Å². The van der Waals surface area contributed by atoms with Gasteiger partial charge in [-0.1, -0.05) is 42.5 Å². The minimum Gasteiger partial charge on any atom is -0.497 e. The van der Waals surface area contributed by atoms with Gasteiger partial charge in [0.1, 0.15) is 11.5 Å². The number of benzene rings is 3. The fourth-order valence-corrected chi connectivity index (χ4v) is 4.06. The Hall–Kier alpha value is -3.27. The minimum atomic E-state index is -0.225. The van der Waals surface area contributed by atoms with E-state index in [-0.39, 0.29) is 12.3 Å². The van der Waals surface area contributed by atoms with E-state index in [1.807, 2.05) is 18.2 Å². The van der Waals surface area contributed by atoms with Crippen LogP contribution in [0.25, 0.3) is 0 Å². The summed E-state index contributed by atoms with van der Waals surface area (Å²) in [6.45, 7) is 2.12. The lowest BCUT2D eigenvalue weighted by Crippen LogP contribution is -2.34. The zero-order valence-corrected chi connectivity index (χ0v) is 16.0. The summed E-state index contributed by atoms with van der Waals surface area (Å²) in [7, 11) is 1.68. The van der Waals surface area contributed by atoms with Crippen molar-refractivity contribution in [1.29, 1.82) is 0 Å². The number of hydrogen-bond acceptors (Lipinski definition) is 4. The van der Waals surface area contributed by atoms with Gasteiger partial charge >= 0.3 is 0 Å².